The molecule has 1 aromatic heterocycles. The van der Waals surface area contributed by atoms with Gasteiger partial charge >= 0.3 is 0 Å². The van der Waals surface area contributed by atoms with Crippen molar-refractivity contribution in [2.45, 2.75) is 6.54 Å². The zero-order valence-electron chi connectivity index (χ0n) is 12.0. The standard InChI is InChI=1S/C17H13Cl2N3O/c18-14-6-4-13(5-7-14)17(23)20-16-8-9-22(21-16)11-12-2-1-3-15(19)10-12/h1-10H,11H2,(H,20,21,23). The number of aromatic nitrogens is 2. The summed E-state index contributed by atoms with van der Waals surface area (Å²) in [6, 6.07) is 16.0. The number of hydrogen-bond donors (Lipinski definition) is 1. The molecule has 3 aromatic rings. The number of rotatable bonds is 4. The Morgan fingerprint density at radius 2 is 1.83 bits per heavy atom. The van der Waals surface area contributed by atoms with E-state index in [4.69, 9.17) is 23.2 Å². The highest BCUT2D eigenvalue weighted by Gasteiger charge is 2.08. The first-order valence-electron chi connectivity index (χ1n) is 6.95. The molecule has 0 bridgehead atoms. The number of benzene rings is 2. The van der Waals surface area contributed by atoms with E-state index in [9.17, 15) is 4.79 Å². The van der Waals surface area contributed by atoms with Gasteiger partial charge in [0.2, 0.25) is 0 Å². The molecule has 0 saturated carbocycles. The number of nitrogens with zero attached hydrogens (tertiary/aromatic N) is 2. The van der Waals surface area contributed by atoms with Gasteiger partial charge in [0.1, 0.15) is 0 Å². The second-order valence-electron chi connectivity index (χ2n) is 4.99. The first-order chi connectivity index (χ1) is 11.1. The van der Waals surface area contributed by atoms with Crippen LogP contribution in [0.25, 0.3) is 0 Å². The van der Waals surface area contributed by atoms with Crippen molar-refractivity contribution in [1.29, 1.82) is 0 Å². The van der Waals surface area contributed by atoms with E-state index in [-0.39, 0.29) is 5.91 Å². The minimum absolute atomic E-state index is 0.227. The Bertz CT molecular complexity index is 828. The molecule has 6 heteroatoms. The Kier molecular flexibility index (Phi) is 4.65. The lowest BCUT2D eigenvalue weighted by atomic mass is 10.2. The summed E-state index contributed by atoms with van der Waals surface area (Å²) in [5.74, 6) is 0.265. The molecule has 4 nitrogen and oxygen atoms in total. The van der Waals surface area contributed by atoms with Gasteiger partial charge < -0.3 is 5.32 Å². The molecule has 0 aliphatic heterocycles. The summed E-state index contributed by atoms with van der Waals surface area (Å²) >= 11 is 11.8. The molecule has 1 N–H and O–H groups in total. The summed E-state index contributed by atoms with van der Waals surface area (Å²) in [7, 11) is 0. The van der Waals surface area contributed by atoms with E-state index in [0.29, 0.717) is 28.0 Å². The molecule has 3 rings (SSSR count). The van der Waals surface area contributed by atoms with Gasteiger partial charge in [0.25, 0.3) is 5.91 Å². The zero-order chi connectivity index (χ0) is 16.2. The number of hydrogen-bond acceptors (Lipinski definition) is 2. The van der Waals surface area contributed by atoms with Gasteiger partial charge in [-0.3, -0.25) is 9.48 Å². The van der Waals surface area contributed by atoms with E-state index in [1.54, 1.807) is 41.2 Å². The van der Waals surface area contributed by atoms with Crippen LogP contribution < -0.4 is 5.32 Å². The molecule has 1 heterocycles. The first kappa shape index (κ1) is 15.6. The van der Waals surface area contributed by atoms with Gasteiger partial charge in [-0.25, -0.2) is 0 Å². The zero-order valence-corrected chi connectivity index (χ0v) is 13.6. The van der Waals surface area contributed by atoms with Crippen LogP contribution in [-0.2, 0) is 6.54 Å². The fraction of sp³-hybridized carbons (Fsp3) is 0.0588. The third-order valence-electron chi connectivity index (χ3n) is 3.22. The lowest BCUT2D eigenvalue weighted by Crippen LogP contribution is -2.12. The Hall–Kier alpha value is -2.30. The van der Waals surface area contributed by atoms with Gasteiger partial charge in [0.15, 0.2) is 5.82 Å². The lowest BCUT2D eigenvalue weighted by Gasteiger charge is -2.04. The molecule has 0 atom stereocenters. The highest BCUT2D eigenvalue weighted by Crippen LogP contribution is 2.14. The van der Waals surface area contributed by atoms with Crippen molar-refractivity contribution in [3.05, 3.63) is 82.0 Å². The summed E-state index contributed by atoms with van der Waals surface area (Å²) < 4.78 is 1.74. The highest BCUT2D eigenvalue weighted by atomic mass is 35.5. The van der Waals surface area contributed by atoms with Crippen LogP contribution in [0, 0.1) is 0 Å². The van der Waals surface area contributed by atoms with Crippen molar-refractivity contribution < 1.29 is 4.79 Å². The monoisotopic (exact) mass is 345 g/mol. The minimum Gasteiger partial charge on any atom is -0.305 e. The van der Waals surface area contributed by atoms with Crippen molar-refractivity contribution in [3.8, 4) is 0 Å². The Labute approximate surface area is 143 Å². The molecular formula is C17H13Cl2N3O. The van der Waals surface area contributed by atoms with Crippen molar-refractivity contribution in [1.82, 2.24) is 9.78 Å². The predicted molar refractivity (Wildman–Crippen MR) is 92.2 cm³/mol. The molecular weight excluding hydrogens is 333 g/mol. The maximum Gasteiger partial charge on any atom is 0.256 e. The summed E-state index contributed by atoms with van der Waals surface area (Å²) in [6.07, 6.45) is 1.80. The van der Waals surface area contributed by atoms with Crippen molar-refractivity contribution in [2.24, 2.45) is 0 Å². The average molecular weight is 346 g/mol. The predicted octanol–water partition coefficient (Wildman–Crippen LogP) is 4.49. The number of anilines is 1. The van der Waals surface area contributed by atoms with Crippen LogP contribution in [0.15, 0.2) is 60.8 Å². The topological polar surface area (TPSA) is 46.9 Å². The summed E-state index contributed by atoms with van der Waals surface area (Å²) in [6.45, 7) is 0.581. The molecule has 0 fully saturated rings. The van der Waals surface area contributed by atoms with Crippen LogP contribution in [0.5, 0.6) is 0 Å². The molecule has 116 valence electrons. The molecule has 0 radical (unpaired) electrons. The quantitative estimate of drug-likeness (QED) is 0.757. The highest BCUT2D eigenvalue weighted by molar-refractivity contribution is 6.31. The van der Waals surface area contributed by atoms with Gasteiger partial charge in [-0.2, -0.15) is 5.10 Å². The summed E-state index contributed by atoms with van der Waals surface area (Å²) in [5.41, 5.74) is 1.56. The third-order valence-corrected chi connectivity index (χ3v) is 3.71. The summed E-state index contributed by atoms with van der Waals surface area (Å²) in [4.78, 5) is 12.1. The molecule has 23 heavy (non-hydrogen) atoms. The van der Waals surface area contributed by atoms with Crippen LogP contribution in [-0.4, -0.2) is 15.7 Å². The SMILES string of the molecule is O=C(Nc1ccn(Cc2cccc(Cl)c2)n1)c1ccc(Cl)cc1. The number of amides is 1. The van der Waals surface area contributed by atoms with E-state index in [1.165, 1.54) is 0 Å². The molecule has 0 unspecified atom stereocenters. The molecule has 0 spiro atoms. The van der Waals surface area contributed by atoms with E-state index < -0.39 is 0 Å². The van der Waals surface area contributed by atoms with E-state index in [1.807, 2.05) is 24.3 Å². The maximum absolute atomic E-state index is 12.1. The lowest BCUT2D eigenvalue weighted by molar-refractivity contribution is 0.102. The van der Waals surface area contributed by atoms with Crippen LogP contribution in [0.3, 0.4) is 0 Å². The van der Waals surface area contributed by atoms with E-state index in [0.717, 1.165) is 5.56 Å². The molecule has 0 aliphatic rings. The van der Waals surface area contributed by atoms with Gasteiger partial charge in [-0.05, 0) is 42.0 Å². The van der Waals surface area contributed by atoms with Crippen LogP contribution in [0.1, 0.15) is 15.9 Å². The van der Waals surface area contributed by atoms with Gasteiger partial charge in [-0.15, -0.1) is 0 Å². The van der Waals surface area contributed by atoms with Crippen LogP contribution >= 0.6 is 23.2 Å². The Morgan fingerprint density at radius 3 is 2.57 bits per heavy atom. The van der Waals surface area contributed by atoms with Crippen LogP contribution in [0.2, 0.25) is 10.0 Å². The molecule has 0 saturated heterocycles. The van der Waals surface area contributed by atoms with Gasteiger partial charge in [0.05, 0.1) is 6.54 Å². The normalized spacial score (nSPS) is 10.5. The Balaban J connectivity index is 1.67. The van der Waals surface area contributed by atoms with Crippen molar-refractivity contribution in [3.63, 3.8) is 0 Å². The third kappa shape index (κ3) is 4.12. The number of nitrogens with one attached hydrogen (secondary N) is 1. The van der Waals surface area contributed by atoms with E-state index >= 15 is 0 Å². The fourth-order valence-corrected chi connectivity index (χ4v) is 2.47. The van der Waals surface area contributed by atoms with Gasteiger partial charge in [0, 0.05) is 27.9 Å². The van der Waals surface area contributed by atoms with Crippen molar-refractivity contribution >= 4 is 34.9 Å². The second kappa shape index (κ2) is 6.86. The second-order valence-corrected chi connectivity index (χ2v) is 5.86. The fourth-order valence-electron chi connectivity index (χ4n) is 2.13. The number of carbonyl (C=O) groups excluding carboxylic acids is 1. The smallest absolute Gasteiger partial charge is 0.256 e. The van der Waals surface area contributed by atoms with Gasteiger partial charge in [-0.1, -0.05) is 35.3 Å². The molecule has 0 aliphatic carbocycles. The average Bonchev–Trinajstić information content (AvgIpc) is 2.95. The summed E-state index contributed by atoms with van der Waals surface area (Å²) in [5, 5.41) is 8.37. The Morgan fingerprint density at radius 1 is 1.04 bits per heavy atom. The largest absolute Gasteiger partial charge is 0.305 e. The minimum atomic E-state index is -0.227. The van der Waals surface area contributed by atoms with E-state index in [2.05, 4.69) is 10.4 Å². The van der Waals surface area contributed by atoms with Crippen LogP contribution in [0.4, 0.5) is 5.82 Å². The van der Waals surface area contributed by atoms with Crippen molar-refractivity contribution in [2.75, 3.05) is 5.32 Å². The molecule has 1 amide bonds. The number of carbonyl (C=O) groups is 1. The number of halogens is 2. The first-order valence-corrected chi connectivity index (χ1v) is 7.70. The maximum atomic E-state index is 12.1. The molecule has 2 aromatic carbocycles.